The van der Waals surface area contributed by atoms with Crippen molar-refractivity contribution in [1.82, 2.24) is 4.98 Å². The van der Waals surface area contributed by atoms with Crippen LogP contribution in [-0.2, 0) is 17.8 Å². The molecule has 0 atom stereocenters. The summed E-state index contributed by atoms with van der Waals surface area (Å²) < 4.78 is 0. The minimum atomic E-state index is -0.205. The van der Waals surface area contributed by atoms with Crippen LogP contribution in [0.5, 0.6) is 0 Å². The molecule has 6 heteroatoms. The number of halogens is 2. The third-order valence-corrected chi connectivity index (χ3v) is 4.49. The van der Waals surface area contributed by atoms with Gasteiger partial charge in [0, 0.05) is 47.4 Å². The molecule has 1 aromatic carbocycles. The standard InChI is InChI=1S/C15H12Cl2N2O2/c1-19-13-3-2-8(15(17)9(13)4-14(19)21)10-5-18-6-12(16)11(10)7-20/h2-3,5-6,20H,4,7H2,1H3. The van der Waals surface area contributed by atoms with E-state index in [4.69, 9.17) is 23.2 Å². The van der Waals surface area contributed by atoms with E-state index in [1.807, 2.05) is 12.1 Å². The van der Waals surface area contributed by atoms with E-state index in [0.717, 1.165) is 16.8 Å². The molecule has 0 saturated heterocycles. The van der Waals surface area contributed by atoms with E-state index in [1.165, 1.54) is 6.20 Å². The maximum absolute atomic E-state index is 11.8. The average molecular weight is 323 g/mol. The Morgan fingerprint density at radius 1 is 1.29 bits per heavy atom. The SMILES string of the molecule is CN1C(=O)Cc2c1ccc(-c1cncc(Cl)c1CO)c2Cl. The highest BCUT2D eigenvalue weighted by atomic mass is 35.5. The number of hydrogen-bond donors (Lipinski definition) is 1. The Kier molecular flexibility index (Phi) is 3.61. The van der Waals surface area contributed by atoms with Gasteiger partial charge in [0.1, 0.15) is 0 Å². The smallest absolute Gasteiger partial charge is 0.231 e. The van der Waals surface area contributed by atoms with Crippen molar-refractivity contribution in [3.05, 3.63) is 45.7 Å². The molecule has 1 aliphatic rings. The fourth-order valence-electron chi connectivity index (χ4n) is 2.56. The highest BCUT2D eigenvalue weighted by Crippen LogP contribution is 2.41. The van der Waals surface area contributed by atoms with Gasteiger partial charge >= 0.3 is 0 Å². The number of rotatable bonds is 2. The van der Waals surface area contributed by atoms with Gasteiger partial charge in [-0.3, -0.25) is 9.78 Å². The first kappa shape index (κ1) is 14.3. The maximum atomic E-state index is 11.8. The van der Waals surface area contributed by atoms with Gasteiger partial charge in [-0.1, -0.05) is 29.3 Å². The first-order valence-corrected chi connectivity index (χ1v) is 7.11. The Balaban J connectivity index is 2.21. The molecule has 0 unspecified atom stereocenters. The molecule has 21 heavy (non-hydrogen) atoms. The second-order valence-electron chi connectivity index (χ2n) is 4.86. The van der Waals surface area contributed by atoms with Gasteiger partial charge in [-0.2, -0.15) is 0 Å². The molecule has 1 amide bonds. The fraction of sp³-hybridized carbons (Fsp3) is 0.200. The van der Waals surface area contributed by atoms with Crippen molar-refractivity contribution in [2.24, 2.45) is 0 Å². The van der Waals surface area contributed by atoms with Crippen molar-refractivity contribution in [2.75, 3.05) is 11.9 Å². The third-order valence-electron chi connectivity index (χ3n) is 3.74. The predicted molar refractivity (Wildman–Crippen MR) is 82.7 cm³/mol. The van der Waals surface area contributed by atoms with Gasteiger partial charge in [0.25, 0.3) is 0 Å². The monoisotopic (exact) mass is 322 g/mol. The molecule has 0 radical (unpaired) electrons. The van der Waals surface area contributed by atoms with Crippen LogP contribution in [0.15, 0.2) is 24.5 Å². The minimum Gasteiger partial charge on any atom is -0.392 e. The number of carbonyl (C=O) groups is 1. The van der Waals surface area contributed by atoms with E-state index >= 15 is 0 Å². The summed E-state index contributed by atoms with van der Waals surface area (Å²) in [6.07, 6.45) is 3.38. The number of aliphatic hydroxyl groups is 1. The Bertz CT molecular complexity index is 747. The highest BCUT2D eigenvalue weighted by molar-refractivity contribution is 6.36. The molecular formula is C15H12Cl2N2O2. The Morgan fingerprint density at radius 3 is 2.76 bits per heavy atom. The van der Waals surface area contributed by atoms with Crippen molar-refractivity contribution in [3.63, 3.8) is 0 Å². The molecule has 0 saturated carbocycles. The molecule has 0 fully saturated rings. The number of amides is 1. The van der Waals surface area contributed by atoms with E-state index in [1.54, 1.807) is 18.1 Å². The summed E-state index contributed by atoms with van der Waals surface area (Å²) in [5, 5.41) is 10.4. The zero-order chi connectivity index (χ0) is 15.1. The van der Waals surface area contributed by atoms with Crippen LogP contribution in [-0.4, -0.2) is 23.0 Å². The lowest BCUT2D eigenvalue weighted by Crippen LogP contribution is -2.20. The first-order valence-electron chi connectivity index (χ1n) is 6.36. The topological polar surface area (TPSA) is 53.4 Å². The fourth-order valence-corrected chi connectivity index (χ4v) is 3.11. The Morgan fingerprint density at radius 2 is 2.05 bits per heavy atom. The molecule has 0 aliphatic carbocycles. The largest absolute Gasteiger partial charge is 0.392 e. The van der Waals surface area contributed by atoms with Gasteiger partial charge in [-0.05, 0) is 6.07 Å². The minimum absolute atomic E-state index is 0.00986. The number of fused-ring (bicyclic) bond motifs is 1. The summed E-state index contributed by atoms with van der Waals surface area (Å²) in [5.74, 6) is 0.00986. The first-order chi connectivity index (χ1) is 10.0. The second kappa shape index (κ2) is 5.30. The van der Waals surface area contributed by atoms with E-state index in [2.05, 4.69) is 4.98 Å². The van der Waals surface area contributed by atoms with Crippen LogP contribution in [0.1, 0.15) is 11.1 Å². The van der Waals surface area contributed by atoms with Gasteiger partial charge in [-0.15, -0.1) is 0 Å². The number of nitrogens with zero attached hydrogens (tertiary/aromatic N) is 2. The number of hydrogen-bond acceptors (Lipinski definition) is 3. The van der Waals surface area contributed by atoms with Crippen LogP contribution in [0.25, 0.3) is 11.1 Å². The van der Waals surface area contributed by atoms with Gasteiger partial charge in [-0.25, -0.2) is 0 Å². The predicted octanol–water partition coefficient (Wildman–Crippen LogP) is 3.07. The van der Waals surface area contributed by atoms with Crippen molar-refractivity contribution in [1.29, 1.82) is 0 Å². The van der Waals surface area contributed by atoms with E-state index < -0.39 is 0 Å². The van der Waals surface area contributed by atoms with E-state index in [9.17, 15) is 9.90 Å². The molecule has 3 rings (SSSR count). The summed E-state index contributed by atoms with van der Waals surface area (Å²) in [4.78, 5) is 17.4. The number of aliphatic hydroxyl groups excluding tert-OH is 1. The van der Waals surface area contributed by atoms with Gasteiger partial charge in [0.15, 0.2) is 0 Å². The number of benzene rings is 1. The normalized spacial score (nSPS) is 13.7. The second-order valence-corrected chi connectivity index (χ2v) is 5.65. The average Bonchev–Trinajstić information content (AvgIpc) is 2.76. The van der Waals surface area contributed by atoms with Crippen LogP contribution in [0, 0.1) is 0 Å². The summed E-state index contributed by atoms with van der Waals surface area (Å²) in [7, 11) is 1.73. The lowest BCUT2D eigenvalue weighted by Gasteiger charge is -2.14. The van der Waals surface area contributed by atoms with Crippen molar-refractivity contribution in [3.8, 4) is 11.1 Å². The number of carbonyl (C=O) groups excluding carboxylic acids is 1. The molecule has 4 nitrogen and oxygen atoms in total. The number of anilines is 1. The zero-order valence-electron chi connectivity index (χ0n) is 11.2. The van der Waals surface area contributed by atoms with Gasteiger partial charge < -0.3 is 10.0 Å². The number of likely N-dealkylation sites (N-methyl/N-ethyl adjacent to an activating group) is 1. The summed E-state index contributed by atoms with van der Waals surface area (Å²) in [5.41, 5.74) is 3.59. The Labute approximate surface area is 131 Å². The van der Waals surface area contributed by atoms with Crippen molar-refractivity contribution in [2.45, 2.75) is 13.0 Å². The third kappa shape index (κ3) is 2.20. The molecule has 0 bridgehead atoms. The number of pyridine rings is 1. The molecule has 2 aromatic rings. The molecule has 1 aliphatic heterocycles. The number of aromatic nitrogens is 1. The van der Waals surface area contributed by atoms with E-state index in [0.29, 0.717) is 21.2 Å². The lowest BCUT2D eigenvalue weighted by atomic mass is 9.99. The highest BCUT2D eigenvalue weighted by Gasteiger charge is 2.28. The summed E-state index contributed by atoms with van der Waals surface area (Å²) >= 11 is 12.5. The summed E-state index contributed by atoms with van der Waals surface area (Å²) in [6, 6.07) is 3.67. The molecule has 2 heterocycles. The van der Waals surface area contributed by atoms with Crippen LogP contribution < -0.4 is 4.90 Å². The molecule has 108 valence electrons. The molecular weight excluding hydrogens is 311 g/mol. The van der Waals surface area contributed by atoms with Crippen molar-refractivity contribution < 1.29 is 9.90 Å². The van der Waals surface area contributed by atoms with Crippen molar-refractivity contribution >= 4 is 34.8 Å². The van der Waals surface area contributed by atoms with Gasteiger partial charge in [0.05, 0.1) is 23.1 Å². The molecule has 1 N–H and O–H groups in total. The zero-order valence-corrected chi connectivity index (χ0v) is 12.7. The quantitative estimate of drug-likeness (QED) is 0.924. The lowest BCUT2D eigenvalue weighted by molar-refractivity contribution is -0.117. The van der Waals surface area contributed by atoms with E-state index in [-0.39, 0.29) is 18.9 Å². The Hall–Kier alpha value is -1.62. The molecule has 0 spiro atoms. The van der Waals surface area contributed by atoms with Crippen LogP contribution in [0.3, 0.4) is 0 Å². The van der Waals surface area contributed by atoms with Crippen LogP contribution >= 0.6 is 23.2 Å². The summed E-state index contributed by atoms with van der Waals surface area (Å²) in [6.45, 7) is -0.205. The molecule has 1 aromatic heterocycles. The van der Waals surface area contributed by atoms with Gasteiger partial charge in [0.2, 0.25) is 5.91 Å². The maximum Gasteiger partial charge on any atom is 0.231 e. The van der Waals surface area contributed by atoms with Crippen LogP contribution in [0.4, 0.5) is 5.69 Å². The van der Waals surface area contributed by atoms with Crippen LogP contribution in [0.2, 0.25) is 10.0 Å².